The summed E-state index contributed by atoms with van der Waals surface area (Å²) in [6.07, 6.45) is -0.634. The normalized spacial score (nSPS) is 18.1. The number of fused-ring (bicyclic) bond motifs is 9. The van der Waals surface area contributed by atoms with Crippen LogP contribution in [0.4, 0.5) is 4.79 Å². The molecule has 6 aromatic rings. The number of aryl methyl sites for hydroxylation is 1. The van der Waals surface area contributed by atoms with Crippen molar-refractivity contribution >= 4 is 55.6 Å². The Morgan fingerprint density at radius 3 is 2.33 bits per heavy atom. The third-order valence-corrected chi connectivity index (χ3v) is 8.25. The molecule has 1 unspecified atom stereocenters. The molecule has 200 valence electrons. The molecule has 2 aliphatic rings. The lowest BCUT2D eigenvalue weighted by atomic mass is 9.97. The lowest BCUT2D eigenvalue weighted by Crippen LogP contribution is -2.44. The monoisotopic (exact) mass is 534 g/mol. The van der Waals surface area contributed by atoms with Crippen LogP contribution in [0.15, 0.2) is 65.1 Å². The van der Waals surface area contributed by atoms with Crippen LogP contribution in [0.2, 0.25) is 0 Å². The number of nitrogens with one attached hydrogen (secondary N) is 2. The summed E-state index contributed by atoms with van der Waals surface area (Å²) in [6, 6.07) is 19.7. The van der Waals surface area contributed by atoms with Crippen molar-refractivity contribution in [2.75, 3.05) is 6.61 Å². The number of ether oxygens (including phenoxy) is 1. The van der Waals surface area contributed by atoms with Crippen LogP contribution in [0, 0.1) is 6.92 Å². The standard InChI is InChI=1S/C31H26N4O5/c1-17-10-11-18(40-17)12-33-30(37)39-16-31(38)14-34-22-8-4-2-6-19(22)24-21-13-32-29(36)26(21)25-20-7-3-5-9-23(20)35(15-31)28(25)27(24)34/h2-11,38H,12-16H2,1H3,(H,32,36)(H,33,37). The van der Waals surface area contributed by atoms with E-state index in [4.69, 9.17) is 9.15 Å². The predicted octanol–water partition coefficient (Wildman–Crippen LogP) is 4.72. The maximum absolute atomic E-state index is 13.2. The van der Waals surface area contributed by atoms with Crippen LogP contribution in [-0.4, -0.2) is 38.4 Å². The highest BCUT2D eigenvalue weighted by Crippen LogP contribution is 2.46. The van der Waals surface area contributed by atoms with Crippen LogP contribution in [0.3, 0.4) is 0 Å². The molecule has 3 aromatic carbocycles. The van der Waals surface area contributed by atoms with Crippen LogP contribution < -0.4 is 10.6 Å². The molecular formula is C31H26N4O5. The molecule has 5 heterocycles. The molecule has 0 spiro atoms. The van der Waals surface area contributed by atoms with Crippen LogP contribution in [0.5, 0.6) is 0 Å². The van der Waals surface area contributed by atoms with E-state index in [1.807, 2.05) is 55.5 Å². The van der Waals surface area contributed by atoms with Gasteiger partial charge in [-0.3, -0.25) is 4.79 Å². The number of para-hydroxylation sites is 2. The summed E-state index contributed by atoms with van der Waals surface area (Å²) in [7, 11) is 0. The summed E-state index contributed by atoms with van der Waals surface area (Å²) in [5, 5.41) is 21.8. The Bertz CT molecular complexity index is 2050. The van der Waals surface area contributed by atoms with E-state index < -0.39 is 11.7 Å². The molecule has 8 rings (SSSR count). The molecule has 0 saturated carbocycles. The Kier molecular flexibility index (Phi) is 4.70. The molecule has 1 atom stereocenters. The molecule has 0 aliphatic carbocycles. The Balaban J connectivity index is 1.29. The Morgan fingerprint density at radius 1 is 1.00 bits per heavy atom. The van der Waals surface area contributed by atoms with Crippen LogP contribution in [0.25, 0.3) is 43.6 Å². The first-order valence-electron chi connectivity index (χ1n) is 13.4. The smallest absolute Gasteiger partial charge is 0.407 e. The fourth-order valence-electron chi connectivity index (χ4n) is 6.67. The molecule has 40 heavy (non-hydrogen) atoms. The quantitative estimate of drug-likeness (QED) is 0.303. The first kappa shape index (κ1) is 23.2. The maximum Gasteiger partial charge on any atom is 0.407 e. The van der Waals surface area contributed by atoms with E-state index in [0.29, 0.717) is 17.9 Å². The second-order valence-electron chi connectivity index (χ2n) is 10.9. The number of benzene rings is 3. The van der Waals surface area contributed by atoms with Crippen molar-refractivity contribution in [2.24, 2.45) is 0 Å². The van der Waals surface area contributed by atoms with Crippen LogP contribution in [0.1, 0.15) is 27.4 Å². The number of carbonyl (C=O) groups excluding carboxylic acids is 2. The van der Waals surface area contributed by atoms with Gasteiger partial charge in [0.05, 0.1) is 36.2 Å². The number of aromatic nitrogens is 2. The predicted molar refractivity (Wildman–Crippen MR) is 150 cm³/mol. The number of rotatable bonds is 4. The fraction of sp³-hybridized carbons (Fsp3) is 0.226. The highest BCUT2D eigenvalue weighted by molar-refractivity contribution is 6.30. The minimum Gasteiger partial charge on any atom is -0.465 e. The Morgan fingerprint density at radius 2 is 1.65 bits per heavy atom. The molecule has 9 nitrogen and oxygen atoms in total. The van der Waals surface area contributed by atoms with Gasteiger partial charge in [0.1, 0.15) is 23.7 Å². The second kappa shape index (κ2) is 8.12. The highest BCUT2D eigenvalue weighted by atomic mass is 16.6. The van der Waals surface area contributed by atoms with Gasteiger partial charge in [-0.15, -0.1) is 0 Å². The van der Waals surface area contributed by atoms with Crippen LogP contribution in [-0.2, 0) is 30.9 Å². The molecule has 3 aromatic heterocycles. The maximum atomic E-state index is 13.2. The van der Waals surface area contributed by atoms with E-state index in [2.05, 4.69) is 25.8 Å². The Hall–Kier alpha value is -4.76. The largest absolute Gasteiger partial charge is 0.465 e. The molecule has 0 saturated heterocycles. The number of alkyl carbamates (subject to hydrolysis) is 1. The topological polar surface area (TPSA) is 111 Å². The third-order valence-electron chi connectivity index (χ3n) is 8.25. The van der Waals surface area contributed by atoms with Gasteiger partial charge in [-0.05, 0) is 36.8 Å². The molecule has 9 heteroatoms. The molecular weight excluding hydrogens is 508 g/mol. The zero-order chi connectivity index (χ0) is 27.2. The lowest BCUT2D eigenvalue weighted by Gasteiger charge is -2.28. The van der Waals surface area contributed by atoms with Gasteiger partial charge >= 0.3 is 6.09 Å². The first-order valence-corrected chi connectivity index (χ1v) is 13.4. The highest BCUT2D eigenvalue weighted by Gasteiger charge is 2.39. The van der Waals surface area contributed by atoms with Crippen molar-refractivity contribution in [3.8, 4) is 0 Å². The van der Waals surface area contributed by atoms with Crippen molar-refractivity contribution < 1.29 is 23.8 Å². The van der Waals surface area contributed by atoms with Crippen molar-refractivity contribution in [1.29, 1.82) is 0 Å². The van der Waals surface area contributed by atoms with E-state index in [9.17, 15) is 14.7 Å². The summed E-state index contributed by atoms with van der Waals surface area (Å²) in [5.41, 5.74) is 4.04. The summed E-state index contributed by atoms with van der Waals surface area (Å²) < 4.78 is 15.3. The molecule has 2 aliphatic heterocycles. The van der Waals surface area contributed by atoms with Gasteiger partial charge in [-0.1, -0.05) is 36.4 Å². The third kappa shape index (κ3) is 3.18. The first-order chi connectivity index (χ1) is 19.4. The van der Waals surface area contributed by atoms with Gasteiger partial charge in [0.2, 0.25) is 0 Å². The number of aliphatic hydroxyl groups is 1. The SMILES string of the molecule is Cc1ccc(CNC(=O)OCC2(O)Cn3c4ccccc4c4c5c(c6c7ccccc7n(c6c43)C2)C(=O)NC5)o1. The average molecular weight is 535 g/mol. The molecule has 0 radical (unpaired) electrons. The van der Waals surface area contributed by atoms with Crippen molar-refractivity contribution in [2.45, 2.75) is 38.7 Å². The van der Waals surface area contributed by atoms with Gasteiger partial charge in [-0.2, -0.15) is 0 Å². The minimum atomic E-state index is -1.42. The van der Waals surface area contributed by atoms with Crippen LogP contribution >= 0.6 is 0 Å². The van der Waals surface area contributed by atoms with Gasteiger partial charge in [0, 0.05) is 39.1 Å². The minimum absolute atomic E-state index is 0.0806. The summed E-state index contributed by atoms with van der Waals surface area (Å²) in [6.45, 7) is 2.67. The van der Waals surface area contributed by atoms with Gasteiger partial charge in [0.15, 0.2) is 0 Å². The van der Waals surface area contributed by atoms with Crippen molar-refractivity contribution in [3.05, 3.63) is 83.3 Å². The van der Waals surface area contributed by atoms with E-state index in [0.717, 1.165) is 54.9 Å². The number of hydrogen-bond acceptors (Lipinski definition) is 5. The zero-order valence-corrected chi connectivity index (χ0v) is 21.8. The second-order valence-corrected chi connectivity index (χ2v) is 10.9. The molecule has 0 bridgehead atoms. The lowest BCUT2D eigenvalue weighted by molar-refractivity contribution is -0.0424. The van der Waals surface area contributed by atoms with Crippen molar-refractivity contribution in [3.63, 3.8) is 0 Å². The Labute approximate surface area is 227 Å². The van der Waals surface area contributed by atoms with Crippen molar-refractivity contribution in [1.82, 2.24) is 19.8 Å². The average Bonchev–Trinajstić information content (AvgIpc) is 3.69. The number of hydrogen-bond donors (Lipinski definition) is 3. The number of carbonyl (C=O) groups is 2. The molecule has 0 fully saturated rings. The number of nitrogens with zero attached hydrogens (tertiary/aromatic N) is 2. The number of furan rings is 1. The van der Waals surface area contributed by atoms with E-state index in [-0.39, 0.29) is 32.1 Å². The van der Waals surface area contributed by atoms with Gasteiger partial charge in [0.25, 0.3) is 5.91 Å². The van der Waals surface area contributed by atoms with Gasteiger partial charge in [-0.25, -0.2) is 4.79 Å². The summed E-state index contributed by atoms with van der Waals surface area (Å²) in [5.74, 6) is 1.30. The van der Waals surface area contributed by atoms with Gasteiger partial charge < -0.3 is 34.0 Å². The molecule has 2 amide bonds. The van der Waals surface area contributed by atoms with E-state index in [1.165, 1.54) is 0 Å². The fourth-order valence-corrected chi connectivity index (χ4v) is 6.67. The number of amides is 2. The molecule has 3 N–H and O–H groups in total. The summed E-state index contributed by atoms with van der Waals surface area (Å²) in [4.78, 5) is 25.9. The van der Waals surface area contributed by atoms with E-state index >= 15 is 0 Å². The zero-order valence-electron chi connectivity index (χ0n) is 21.8. The van der Waals surface area contributed by atoms with E-state index in [1.54, 1.807) is 6.07 Å². The summed E-state index contributed by atoms with van der Waals surface area (Å²) >= 11 is 0.